The Kier molecular flexibility index (Phi) is 7.19. The summed E-state index contributed by atoms with van der Waals surface area (Å²) in [5, 5.41) is 13.8. The van der Waals surface area contributed by atoms with E-state index < -0.39 is 11.7 Å². The van der Waals surface area contributed by atoms with Crippen LogP contribution in [0, 0.1) is 23.1 Å². The zero-order chi connectivity index (χ0) is 15.7. The molecule has 0 unspecified atom stereocenters. The van der Waals surface area contributed by atoms with Crippen LogP contribution >= 0.6 is 0 Å². The van der Waals surface area contributed by atoms with Crippen LogP contribution in [0.5, 0.6) is 5.75 Å². The minimum absolute atomic E-state index is 0.0229. The van der Waals surface area contributed by atoms with Crippen LogP contribution in [-0.2, 0) is 11.3 Å². The number of hydrogen-bond donors (Lipinski definition) is 2. The van der Waals surface area contributed by atoms with E-state index in [2.05, 4.69) is 24.5 Å². The summed E-state index contributed by atoms with van der Waals surface area (Å²) in [4.78, 5) is 11.2. The minimum Gasteiger partial charge on any atom is -0.481 e. The lowest BCUT2D eigenvalue weighted by Crippen LogP contribution is -2.29. The number of nitrogens with zero attached hydrogens (tertiary/aromatic N) is 1. The lowest BCUT2D eigenvalue weighted by molar-refractivity contribution is -0.122. The van der Waals surface area contributed by atoms with Gasteiger partial charge in [0.2, 0.25) is 0 Å². The molecule has 1 amide bonds. The third kappa shape index (κ3) is 6.72. The molecule has 0 fully saturated rings. The van der Waals surface area contributed by atoms with Gasteiger partial charge in [-0.05, 0) is 30.2 Å². The molecule has 0 atom stereocenters. The predicted octanol–water partition coefficient (Wildman–Crippen LogP) is 1.59. The molecule has 1 rings (SSSR count). The van der Waals surface area contributed by atoms with Crippen LogP contribution in [0.2, 0.25) is 0 Å². The Labute approximate surface area is 124 Å². The highest BCUT2D eigenvalue weighted by molar-refractivity contribution is 5.77. The van der Waals surface area contributed by atoms with Gasteiger partial charge in [0.25, 0.3) is 5.91 Å². The van der Waals surface area contributed by atoms with Crippen LogP contribution in [-0.4, -0.2) is 25.6 Å². The number of carbonyl (C=O) groups excluding carboxylic acids is 1. The molecular formula is C15H20FN3O2. The Balaban J connectivity index is 2.46. The van der Waals surface area contributed by atoms with E-state index in [-0.39, 0.29) is 18.9 Å². The van der Waals surface area contributed by atoms with Gasteiger partial charge in [0.05, 0.1) is 6.07 Å². The molecule has 0 bridgehead atoms. The number of rotatable bonds is 8. The highest BCUT2D eigenvalue weighted by Gasteiger charge is 2.07. The fraction of sp³-hybridized carbons (Fsp3) is 0.467. The number of halogens is 1. The van der Waals surface area contributed by atoms with Crippen LogP contribution in [0.1, 0.15) is 19.4 Å². The van der Waals surface area contributed by atoms with Gasteiger partial charge in [-0.25, -0.2) is 4.39 Å². The predicted molar refractivity (Wildman–Crippen MR) is 77.1 cm³/mol. The van der Waals surface area contributed by atoms with Gasteiger partial charge in [-0.3, -0.25) is 4.79 Å². The van der Waals surface area contributed by atoms with Crippen LogP contribution < -0.4 is 15.4 Å². The van der Waals surface area contributed by atoms with Crippen molar-refractivity contribution in [2.75, 3.05) is 19.7 Å². The molecule has 0 aromatic heterocycles. The van der Waals surface area contributed by atoms with Crippen molar-refractivity contribution >= 4 is 5.91 Å². The summed E-state index contributed by atoms with van der Waals surface area (Å²) in [6.07, 6.45) is 0. The first-order chi connectivity index (χ1) is 10.0. The number of carbonyl (C=O) groups is 1. The highest BCUT2D eigenvalue weighted by Crippen LogP contribution is 2.18. The number of ether oxygens (including phenoxy) is 1. The third-order valence-electron chi connectivity index (χ3n) is 2.60. The fourth-order valence-electron chi connectivity index (χ4n) is 1.61. The van der Waals surface area contributed by atoms with Crippen molar-refractivity contribution in [3.63, 3.8) is 0 Å². The smallest absolute Gasteiger partial charge is 0.258 e. The summed E-state index contributed by atoms with van der Waals surface area (Å²) >= 11 is 0. The number of amides is 1. The minimum atomic E-state index is -0.507. The van der Waals surface area contributed by atoms with Crippen molar-refractivity contribution in [1.29, 1.82) is 5.26 Å². The first kappa shape index (κ1) is 16.9. The Hall–Kier alpha value is -2.13. The Morgan fingerprint density at radius 2 is 2.24 bits per heavy atom. The maximum Gasteiger partial charge on any atom is 0.258 e. The van der Waals surface area contributed by atoms with Gasteiger partial charge in [-0.15, -0.1) is 0 Å². The van der Waals surface area contributed by atoms with Crippen molar-refractivity contribution < 1.29 is 13.9 Å². The van der Waals surface area contributed by atoms with Crippen LogP contribution in [0.15, 0.2) is 18.2 Å². The summed E-state index contributed by atoms with van der Waals surface area (Å²) in [5.74, 6) is -0.412. The van der Waals surface area contributed by atoms with Gasteiger partial charge in [0, 0.05) is 6.54 Å². The number of nitrogens with one attached hydrogen (secondary N) is 2. The fourth-order valence-corrected chi connectivity index (χ4v) is 1.61. The van der Waals surface area contributed by atoms with Gasteiger partial charge in [-0.1, -0.05) is 19.9 Å². The molecule has 6 heteroatoms. The van der Waals surface area contributed by atoms with Gasteiger partial charge in [-0.2, -0.15) is 5.26 Å². The second kappa shape index (κ2) is 8.93. The first-order valence-corrected chi connectivity index (χ1v) is 6.78. The van der Waals surface area contributed by atoms with Gasteiger partial charge < -0.3 is 15.4 Å². The SMILES string of the molecule is CC(C)CNCc1ccc(OCC(=O)NCC#N)c(F)c1. The Morgan fingerprint density at radius 1 is 1.48 bits per heavy atom. The summed E-state index contributed by atoms with van der Waals surface area (Å²) in [7, 11) is 0. The normalized spacial score (nSPS) is 10.2. The number of nitriles is 1. The third-order valence-corrected chi connectivity index (χ3v) is 2.60. The van der Waals surface area contributed by atoms with E-state index in [1.165, 1.54) is 12.1 Å². The van der Waals surface area contributed by atoms with Gasteiger partial charge >= 0.3 is 0 Å². The standard InChI is InChI=1S/C15H20FN3O2/c1-11(2)8-18-9-12-3-4-14(13(16)7-12)21-10-15(20)19-6-5-17/h3-4,7,11,18H,6,8-10H2,1-2H3,(H,19,20). The number of benzene rings is 1. The average molecular weight is 293 g/mol. The van der Waals surface area contributed by atoms with Crippen molar-refractivity contribution in [2.45, 2.75) is 20.4 Å². The molecule has 0 spiro atoms. The van der Waals surface area contributed by atoms with Crippen molar-refractivity contribution in [3.05, 3.63) is 29.6 Å². The van der Waals surface area contributed by atoms with Crippen LogP contribution in [0.4, 0.5) is 4.39 Å². The largest absolute Gasteiger partial charge is 0.481 e. The van der Waals surface area contributed by atoms with E-state index in [4.69, 9.17) is 10.00 Å². The van der Waals surface area contributed by atoms with E-state index in [9.17, 15) is 9.18 Å². The molecule has 0 aliphatic heterocycles. The highest BCUT2D eigenvalue weighted by atomic mass is 19.1. The molecule has 1 aromatic carbocycles. The molecule has 0 aliphatic carbocycles. The quantitative estimate of drug-likeness (QED) is 0.714. The topological polar surface area (TPSA) is 74.2 Å². The van der Waals surface area contributed by atoms with Crippen LogP contribution in [0.3, 0.4) is 0 Å². The Morgan fingerprint density at radius 3 is 2.86 bits per heavy atom. The molecule has 114 valence electrons. The molecule has 2 N–H and O–H groups in total. The summed E-state index contributed by atoms with van der Waals surface area (Å²) in [6, 6.07) is 6.41. The van der Waals surface area contributed by atoms with E-state index in [1.54, 1.807) is 12.1 Å². The number of hydrogen-bond acceptors (Lipinski definition) is 4. The molecule has 5 nitrogen and oxygen atoms in total. The van der Waals surface area contributed by atoms with Gasteiger partial charge in [0.1, 0.15) is 6.54 Å². The van der Waals surface area contributed by atoms with E-state index in [0.29, 0.717) is 12.5 Å². The molecule has 0 heterocycles. The molecule has 0 aliphatic rings. The lowest BCUT2D eigenvalue weighted by Gasteiger charge is -2.10. The molecular weight excluding hydrogens is 273 g/mol. The molecule has 21 heavy (non-hydrogen) atoms. The maximum absolute atomic E-state index is 13.8. The van der Waals surface area contributed by atoms with Gasteiger partial charge in [0.15, 0.2) is 18.2 Å². The van der Waals surface area contributed by atoms with Crippen molar-refractivity contribution in [2.24, 2.45) is 5.92 Å². The zero-order valence-corrected chi connectivity index (χ0v) is 12.3. The second-order valence-electron chi connectivity index (χ2n) is 5.01. The molecule has 0 saturated heterocycles. The van der Waals surface area contributed by atoms with E-state index >= 15 is 0 Å². The second-order valence-corrected chi connectivity index (χ2v) is 5.01. The monoisotopic (exact) mass is 293 g/mol. The summed E-state index contributed by atoms with van der Waals surface area (Å²) in [6.45, 7) is 5.23. The van der Waals surface area contributed by atoms with E-state index in [0.717, 1.165) is 12.1 Å². The Bertz CT molecular complexity index is 512. The van der Waals surface area contributed by atoms with Crippen molar-refractivity contribution in [1.82, 2.24) is 10.6 Å². The molecule has 0 radical (unpaired) electrons. The van der Waals surface area contributed by atoms with Crippen LogP contribution in [0.25, 0.3) is 0 Å². The molecule has 1 aromatic rings. The zero-order valence-electron chi connectivity index (χ0n) is 12.3. The maximum atomic E-state index is 13.8. The van der Waals surface area contributed by atoms with E-state index in [1.807, 2.05) is 0 Å². The summed E-state index contributed by atoms with van der Waals surface area (Å²) < 4.78 is 18.9. The molecule has 0 saturated carbocycles. The average Bonchev–Trinajstić information content (AvgIpc) is 2.43. The first-order valence-electron chi connectivity index (χ1n) is 6.78. The van der Waals surface area contributed by atoms with Crippen molar-refractivity contribution in [3.8, 4) is 11.8 Å². The summed E-state index contributed by atoms with van der Waals surface area (Å²) in [5.41, 5.74) is 0.814. The lowest BCUT2D eigenvalue weighted by atomic mass is 10.2.